The average Bonchev–Trinajstić information content (AvgIpc) is 2.91. The lowest BCUT2D eigenvalue weighted by Crippen LogP contribution is -2.40. The lowest BCUT2D eigenvalue weighted by Gasteiger charge is -2.36. The zero-order valence-electron chi connectivity index (χ0n) is 12.2. The number of nitrogens with zero attached hydrogens (tertiary/aromatic N) is 3. The summed E-state index contributed by atoms with van der Waals surface area (Å²) in [6.45, 7) is 5.01. The normalized spacial score (nSPS) is 21.2. The lowest BCUT2D eigenvalue weighted by molar-refractivity contribution is -0.0553. The molecule has 0 aliphatic carbocycles. The Hall–Kier alpha value is -1.59. The molecule has 0 amide bonds. The van der Waals surface area contributed by atoms with Crippen LogP contribution in [0, 0.1) is 0 Å². The molecule has 1 aliphatic rings. The van der Waals surface area contributed by atoms with E-state index in [4.69, 9.17) is 16.3 Å². The predicted molar refractivity (Wildman–Crippen MR) is 83.0 cm³/mol. The smallest absolute Gasteiger partial charge is 0.138 e. The number of para-hydroxylation sites is 1. The molecule has 0 radical (unpaired) electrons. The first-order valence-electron chi connectivity index (χ1n) is 7.09. The number of benzene rings is 1. The van der Waals surface area contributed by atoms with Crippen LogP contribution in [0.3, 0.4) is 0 Å². The van der Waals surface area contributed by atoms with E-state index in [0.29, 0.717) is 11.1 Å². The monoisotopic (exact) mass is 306 g/mol. The summed E-state index contributed by atoms with van der Waals surface area (Å²) >= 11 is 6.34. The quantitative estimate of drug-likeness (QED) is 0.945. The summed E-state index contributed by atoms with van der Waals surface area (Å²) in [6, 6.07) is 6.17. The molecular weight excluding hydrogens is 288 g/mol. The van der Waals surface area contributed by atoms with Crippen molar-refractivity contribution >= 4 is 17.3 Å². The van der Waals surface area contributed by atoms with Crippen LogP contribution in [-0.4, -0.2) is 33.0 Å². The molecule has 1 aromatic carbocycles. The molecule has 21 heavy (non-hydrogen) atoms. The van der Waals surface area contributed by atoms with E-state index < -0.39 is 0 Å². The van der Waals surface area contributed by atoms with Gasteiger partial charge in [0.25, 0.3) is 0 Å². The fourth-order valence-corrected chi connectivity index (χ4v) is 3.02. The Morgan fingerprint density at radius 1 is 1.43 bits per heavy atom. The Morgan fingerprint density at radius 3 is 3.00 bits per heavy atom. The molecule has 2 heterocycles. The Labute approximate surface area is 129 Å². The summed E-state index contributed by atoms with van der Waals surface area (Å²) in [6.07, 6.45) is 5.09. The summed E-state index contributed by atoms with van der Waals surface area (Å²) in [5.74, 6) is 0. The van der Waals surface area contributed by atoms with Gasteiger partial charge in [-0.25, -0.2) is 9.67 Å². The zero-order valence-corrected chi connectivity index (χ0v) is 13.0. The minimum absolute atomic E-state index is 0.0953. The van der Waals surface area contributed by atoms with Crippen molar-refractivity contribution in [1.29, 1.82) is 0 Å². The van der Waals surface area contributed by atoms with Crippen molar-refractivity contribution in [3.8, 4) is 5.69 Å². The zero-order chi connectivity index (χ0) is 14.9. The molecule has 5 nitrogen and oxygen atoms in total. The van der Waals surface area contributed by atoms with Gasteiger partial charge < -0.3 is 10.1 Å². The fourth-order valence-electron chi connectivity index (χ4n) is 2.76. The lowest BCUT2D eigenvalue weighted by atomic mass is 9.93. The maximum atomic E-state index is 6.34. The highest BCUT2D eigenvalue weighted by atomic mass is 35.5. The van der Waals surface area contributed by atoms with Crippen molar-refractivity contribution in [3.63, 3.8) is 0 Å². The first-order chi connectivity index (χ1) is 10.1. The first-order valence-corrected chi connectivity index (χ1v) is 7.47. The standard InChI is InChI=1S/C15H19ClN4O/c1-15(2)8-11(6-7-21-15)19-13-5-3-4-12(16)14(13)20-10-17-9-18-20/h3-5,9-11,19H,6-8H2,1-2H3. The molecule has 1 aliphatic heterocycles. The fraction of sp³-hybridized carbons (Fsp3) is 0.467. The van der Waals surface area contributed by atoms with E-state index in [2.05, 4.69) is 29.2 Å². The number of halogens is 1. The van der Waals surface area contributed by atoms with Crippen LogP contribution in [0.25, 0.3) is 5.69 Å². The minimum Gasteiger partial charge on any atom is -0.380 e. The van der Waals surface area contributed by atoms with Crippen LogP contribution < -0.4 is 5.32 Å². The van der Waals surface area contributed by atoms with Gasteiger partial charge in [0.15, 0.2) is 0 Å². The second kappa shape index (κ2) is 5.66. The van der Waals surface area contributed by atoms with Crippen molar-refractivity contribution < 1.29 is 4.74 Å². The summed E-state index contributed by atoms with van der Waals surface area (Å²) in [5, 5.41) is 8.42. The molecule has 1 saturated heterocycles. The minimum atomic E-state index is -0.0953. The topological polar surface area (TPSA) is 52.0 Å². The third-order valence-electron chi connectivity index (χ3n) is 3.69. The second-order valence-electron chi connectivity index (χ2n) is 5.92. The number of anilines is 1. The number of hydrogen-bond donors (Lipinski definition) is 1. The SMILES string of the molecule is CC1(C)CC(Nc2cccc(Cl)c2-n2cncn2)CCO1. The van der Waals surface area contributed by atoms with Crippen LogP contribution >= 0.6 is 11.6 Å². The Kier molecular flexibility index (Phi) is 3.87. The maximum absolute atomic E-state index is 6.34. The van der Waals surface area contributed by atoms with Gasteiger partial charge in [0.2, 0.25) is 0 Å². The Bertz CT molecular complexity index is 612. The summed E-state index contributed by atoms with van der Waals surface area (Å²) in [7, 11) is 0. The number of hydrogen-bond acceptors (Lipinski definition) is 4. The van der Waals surface area contributed by atoms with E-state index in [1.807, 2.05) is 18.2 Å². The van der Waals surface area contributed by atoms with Gasteiger partial charge in [0.1, 0.15) is 18.3 Å². The van der Waals surface area contributed by atoms with Gasteiger partial charge in [0.05, 0.1) is 16.3 Å². The molecule has 1 N–H and O–H groups in total. The van der Waals surface area contributed by atoms with Crippen molar-refractivity contribution in [3.05, 3.63) is 35.9 Å². The molecule has 1 unspecified atom stereocenters. The highest BCUT2D eigenvalue weighted by Crippen LogP contribution is 2.31. The van der Waals surface area contributed by atoms with Crippen LogP contribution in [-0.2, 0) is 4.74 Å². The van der Waals surface area contributed by atoms with E-state index in [0.717, 1.165) is 30.8 Å². The molecule has 0 saturated carbocycles. The van der Waals surface area contributed by atoms with Crippen LogP contribution in [0.5, 0.6) is 0 Å². The van der Waals surface area contributed by atoms with Crippen LogP contribution in [0.2, 0.25) is 5.02 Å². The summed E-state index contributed by atoms with van der Waals surface area (Å²) in [4.78, 5) is 4.00. The average molecular weight is 307 g/mol. The molecular formula is C15H19ClN4O. The summed E-state index contributed by atoms with van der Waals surface area (Å²) in [5.41, 5.74) is 1.71. The molecule has 112 valence electrons. The maximum Gasteiger partial charge on any atom is 0.138 e. The number of aromatic nitrogens is 3. The van der Waals surface area contributed by atoms with Crippen LogP contribution in [0.4, 0.5) is 5.69 Å². The largest absolute Gasteiger partial charge is 0.380 e. The number of rotatable bonds is 3. The Balaban J connectivity index is 1.87. The van der Waals surface area contributed by atoms with Crippen LogP contribution in [0.15, 0.2) is 30.9 Å². The third kappa shape index (κ3) is 3.19. The molecule has 1 atom stereocenters. The van der Waals surface area contributed by atoms with Gasteiger partial charge >= 0.3 is 0 Å². The van der Waals surface area contributed by atoms with Crippen molar-refractivity contribution in [2.45, 2.75) is 38.3 Å². The highest BCUT2D eigenvalue weighted by Gasteiger charge is 2.29. The van der Waals surface area contributed by atoms with Crippen molar-refractivity contribution in [2.75, 3.05) is 11.9 Å². The van der Waals surface area contributed by atoms with E-state index in [1.54, 1.807) is 11.0 Å². The molecule has 1 fully saturated rings. The number of nitrogens with one attached hydrogen (secondary N) is 1. The van der Waals surface area contributed by atoms with E-state index in [-0.39, 0.29) is 5.60 Å². The molecule has 0 spiro atoms. The van der Waals surface area contributed by atoms with Crippen LogP contribution in [0.1, 0.15) is 26.7 Å². The van der Waals surface area contributed by atoms with E-state index in [9.17, 15) is 0 Å². The molecule has 2 aromatic rings. The van der Waals surface area contributed by atoms with Gasteiger partial charge in [-0.15, -0.1) is 0 Å². The van der Waals surface area contributed by atoms with Crippen molar-refractivity contribution in [2.24, 2.45) is 0 Å². The van der Waals surface area contributed by atoms with Gasteiger partial charge in [0, 0.05) is 12.6 Å². The predicted octanol–water partition coefficient (Wildman–Crippen LogP) is 3.29. The van der Waals surface area contributed by atoms with E-state index >= 15 is 0 Å². The molecule has 3 rings (SSSR count). The molecule has 6 heteroatoms. The molecule has 1 aromatic heterocycles. The Morgan fingerprint density at radius 2 is 2.29 bits per heavy atom. The summed E-state index contributed by atoms with van der Waals surface area (Å²) < 4.78 is 7.46. The van der Waals surface area contributed by atoms with Gasteiger partial charge in [-0.2, -0.15) is 5.10 Å². The molecule has 0 bridgehead atoms. The van der Waals surface area contributed by atoms with Crippen molar-refractivity contribution in [1.82, 2.24) is 14.8 Å². The van der Waals surface area contributed by atoms with Gasteiger partial charge in [-0.05, 0) is 38.8 Å². The number of ether oxygens (including phenoxy) is 1. The van der Waals surface area contributed by atoms with Gasteiger partial charge in [-0.1, -0.05) is 17.7 Å². The second-order valence-corrected chi connectivity index (χ2v) is 6.33. The first kappa shape index (κ1) is 14.4. The van der Waals surface area contributed by atoms with E-state index in [1.165, 1.54) is 6.33 Å². The third-order valence-corrected chi connectivity index (χ3v) is 4.00. The van der Waals surface area contributed by atoms with Gasteiger partial charge in [-0.3, -0.25) is 0 Å². The highest BCUT2D eigenvalue weighted by molar-refractivity contribution is 6.33.